The Morgan fingerprint density at radius 3 is 2.91 bits per heavy atom. The second-order valence-corrected chi connectivity index (χ2v) is 5.93. The molecular formula is C16H17N3O2S. The van der Waals surface area contributed by atoms with Crippen LogP contribution in [0.4, 0.5) is 0 Å². The number of para-hydroxylation sites is 1. The molecule has 0 saturated carbocycles. The molecule has 6 heteroatoms. The van der Waals surface area contributed by atoms with Crippen molar-refractivity contribution in [2.45, 2.75) is 12.8 Å². The van der Waals surface area contributed by atoms with E-state index in [1.807, 2.05) is 24.3 Å². The maximum Gasteiger partial charge on any atom is 0.287 e. The van der Waals surface area contributed by atoms with Crippen molar-refractivity contribution in [2.24, 2.45) is 5.73 Å². The quantitative estimate of drug-likeness (QED) is 0.685. The number of carbonyl (C=O) groups is 1. The van der Waals surface area contributed by atoms with Gasteiger partial charge in [0.2, 0.25) is 0 Å². The van der Waals surface area contributed by atoms with Crippen LogP contribution in [-0.2, 0) is 0 Å². The molecule has 0 aliphatic carbocycles. The van der Waals surface area contributed by atoms with Gasteiger partial charge in [0, 0.05) is 6.54 Å². The maximum atomic E-state index is 12.0. The Hall–Kier alpha value is -2.18. The summed E-state index contributed by atoms with van der Waals surface area (Å²) in [6.45, 7) is 1.24. The summed E-state index contributed by atoms with van der Waals surface area (Å²) in [6, 6.07) is 11.4. The minimum absolute atomic E-state index is 0.204. The van der Waals surface area contributed by atoms with Crippen LogP contribution in [0, 0.1) is 0 Å². The Morgan fingerprint density at radius 1 is 1.23 bits per heavy atom. The first-order chi connectivity index (χ1) is 10.8. The summed E-state index contributed by atoms with van der Waals surface area (Å²) in [5.74, 6) is 0.722. The van der Waals surface area contributed by atoms with Crippen molar-refractivity contribution in [3.63, 3.8) is 0 Å². The molecule has 1 aromatic carbocycles. The number of unbranched alkanes of at least 4 members (excludes halogenated alkanes) is 1. The van der Waals surface area contributed by atoms with E-state index in [4.69, 9.17) is 10.2 Å². The molecule has 3 aromatic rings. The van der Waals surface area contributed by atoms with Gasteiger partial charge in [-0.15, -0.1) is 11.3 Å². The molecule has 0 aliphatic rings. The number of nitrogens with two attached hydrogens (primary N) is 1. The summed E-state index contributed by atoms with van der Waals surface area (Å²) in [5, 5.41) is 3.60. The number of nitrogens with zero attached hydrogens (tertiary/aromatic N) is 1. The van der Waals surface area contributed by atoms with E-state index in [9.17, 15) is 4.79 Å². The molecule has 3 N–H and O–H groups in total. The van der Waals surface area contributed by atoms with Crippen LogP contribution in [0.2, 0.25) is 0 Å². The summed E-state index contributed by atoms with van der Waals surface area (Å²) in [6.07, 6.45) is 1.77. The predicted molar refractivity (Wildman–Crippen MR) is 87.9 cm³/mol. The molecule has 5 nitrogen and oxygen atoms in total. The zero-order valence-corrected chi connectivity index (χ0v) is 12.9. The lowest BCUT2D eigenvalue weighted by atomic mass is 10.3. The Bertz CT molecular complexity index is 745. The third kappa shape index (κ3) is 3.18. The van der Waals surface area contributed by atoms with Gasteiger partial charge in [-0.2, -0.15) is 0 Å². The molecule has 0 fully saturated rings. The van der Waals surface area contributed by atoms with Crippen molar-refractivity contribution in [3.05, 3.63) is 42.2 Å². The van der Waals surface area contributed by atoms with Crippen LogP contribution < -0.4 is 11.1 Å². The van der Waals surface area contributed by atoms with Gasteiger partial charge in [-0.3, -0.25) is 4.79 Å². The number of nitrogens with one attached hydrogen (secondary N) is 1. The van der Waals surface area contributed by atoms with Gasteiger partial charge in [0.05, 0.1) is 10.2 Å². The van der Waals surface area contributed by atoms with Gasteiger partial charge in [-0.1, -0.05) is 12.1 Å². The summed E-state index contributed by atoms with van der Waals surface area (Å²) >= 11 is 1.55. The smallest absolute Gasteiger partial charge is 0.287 e. The van der Waals surface area contributed by atoms with Crippen LogP contribution in [-0.4, -0.2) is 24.0 Å². The highest BCUT2D eigenvalue weighted by molar-refractivity contribution is 7.21. The normalized spacial score (nSPS) is 11.0. The third-order valence-electron chi connectivity index (χ3n) is 3.25. The molecule has 0 unspecified atom stereocenters. The summed E-state index contributed by atoms with van der Waals surface area (Å²) in [5.41, 5.74) is 6.36. The molecule has 0 radical (unpaired) electrons. The largest absolute Gasteiger partial charge is 0.448 e. The van der Waals surface area contributed by atoms with Crippen molar-refractivity contribution in [1.29, 1.82) is 0 Å². The Morgan fingerprint density at radius 2 is 2.09 bits per heavy atom. The molecule has 22 heavy (non-hydrogen) atoms. The monoisotopic (exact) mass is 315 g/mol. The number of carbonyl (C=O) groups excluding carboxylic acids is 1. The molecule has 3 rings (SSSR count). The van der Waals surface area contributed by atoms with Crippen molar-refractivity contribution >= 4 is 27.5 Å². The fraction of sp³-hybridized carbons (Fsp3) is 0.250. The number of benzene rings is 1. The standard InChI is InChI=1S/C16H17N3O2S/c17-9-3-4-10-18-15(20)12-7-8-13(21-12)16-19-11-5-1-2-6-14(11)22-16/h1-2,5-8H,3-4,9-10,17H2,(H,18,20). The van der Waals surface area contributed by atoms with Gasteiger partial charge in [0.1, 0.15) is 0 Å². The van der Waals surface area contributed by atoms with Crippen LogP contribution in [0.1, 0.15) is 23.4 Å². The van der Waals surface area contributed by atoms with E-state index in [0.29, 0.717) is 24.6 Å². The van der Waals surface area contributed by atoms with Crippen molar-refractivity contribution < 1.29 is 9.21 Å². The zero-order valence-electron chi connectivity index (χ0n) is 12.0. The maximum absolute atomic E-state index is 12.0. The molecule has 2 heterocycles. The van der Waals surface area contributed by atoms with Crippen LogP contribution in [0.25, 0.3) is 21.0 Å². The molecule has 1 amide bonds. The Kier molecular flexibility index (Phi) is 4.50. The molecule has 114 valence electrons. The highest BCUT2D eigenvalue weighted by Crippen LogP contribution is 2.31. The molecule has 0 atom stereocenters. The van der Waals surface area contributed by atoms with Gasteiger partial charge < -0.3 is 15.5 Å². The summed E-state index contributed by atoms with van der Waals surface area (Å²) < 4.78 is 6.73. The second-order valence-electron chi connectivity index (χ2n) is 4.90. The fourth-order valence-electron chi connectivity index (χ4n) is 2.11. The van der Waals surface area contributed by atoms with E-state index < -0.39 is 0 Å². The average molecular weight is 315 g/mol. The number of thiazole rings is 1. The van der Waals surface area contributed by atoms with Crippen molar-refractivity contribution in [2.75, 3.05) is 13.1 Å². The Labute approximate surface area is 132 Å². The van der Waals surface area contributed by atoms with Gasteiger partial charge >= 0.3 is 0 Å². The molecule has 0 spiro atoms. The first kappa shape index (κ1) is 14.7. The first-order valence-electron chi connectivity index (χ1n) is 7.22. The Balaban J connectivity index is 1.71. The number of furan rings is 1. The fourth-order valence-corrected chi connectivity index (χ4v) is 3.04. The van der Waals surface area contributed by atoms with Gasteiger partial charge in [0.15, 0.2) is 16.5 Å². The zero-order chi connectivity index (χ0) is 15.4. The number of fused-ring (bicyclic) bond motifs is 1. The SMILES string of the molecule is NCCCCNC(=O)c1ccc(-c2nc3ccccc3s2)o1. The predicted octanol–water partition coefficient (Wildman–Crippen LogP) is 3.03. The summed E-state index contributed by atoms with van der Waals surface area (Å²) in [7, 11) is 0. The lowest BCUT2D eigenvalue weighted by Crippen LogP contribution is -2.24. The number of aromatic nitrogens is 1. The van der Waals surface area contributed by atoms with E-state index in [0.717, 1.165) is 28.1 Å². The van der Waals surface area contributed by atoms with E-state index >= 15 is 0 Å². The van der Waals surface area contributed by atoms with Crippen LogP contribution in [0.5, 0.6) is 0 Å². The van der Waals surface area contributed by atoms with E-state index in [-0.39, 0.29) is 5.91 Å². The van der Waals surface area contributed by atoms with Gasteiger partial charge in [-0.25, -0.2) is 4.98 Å². The first-order valence-corrected chi connectivity index (χ1v) is 8.03. The highest BCUT2D eigenvalue weighted by atomic mass is 32.1. The molecule has 0 bridgehead atoms. The minimum Gasteiger partial charge on any atom is -0.448 e. The van der Waals surface area contributed by atoms with Gasteiger partial charge in [0.25, 0.3) is 5.91 Å². The van der Waals surface area contributed by atoms with E-state index in [1.54, 1.807) is 23.5 Å². The summed E-state index contributed by atoms with van der Waals surface area (Å²) in [4.78, 5) is 16.5. The number of hydrogen-bond acceptors (Lipinski definition) is 5. The number of hydrogen-bond donors (Lipinski definition) is 2. The molecule has 0 saturated heterocycles. The number of rotatable bonds is 6. The highest BCUT2D eigenvalue weighted by Gasteiger charge is 2.14. The van der Waals surface area contributed by atoms with Crippen LogP contribution in [0.15, 0.2) is 40.8 Å². The molecular weight excluding hydrogens is 298 g/mol. The van der Waals surface area contributed by atoms with Crippen molar-refractivity contribution in [3.8, 4) is 10.8 Å². The molecule has 0 aliphatic heterocycles. The minimum atomic E-state index is -0.204. The average Bonchev–Trinajstić information content (AvgIpc) is 3.17. The topological polar surface area (TPSA) is 81.1 Å². The van der Waals surface area contributed by atoms with Crippen molar-refractivity contribution in [1.82, 2.24) is 10.3 Å². The van der Waals surface area contributed by atoms with E-state index in [1.165, 1.54) is 0 Å². The lowest BCUT2D eigenvalue weighted by Gasteiger charge is -2.01. The van der Waals surface area contributed by atoms with Gasteiger partial charge in [-0.05, 0) is 43.7 Å². The number of amides is 1. The molecule has 2 aromatic heterocycles. The third-order valence-corrected chi connectivity index (χ3v) is 4.30. The van der Waals surface area contributed by atoms with Crippen LogP contribution >= 0.6 is 11.3 Å². The second kappa shape index (κ2) is 6.72. The lowest BCUT2D eigenvalue weighted by molar-refractivity contribution is 0.0926. The van der Waals surface area contributed by atoms with Crippen LogP contribution in [0.3, 0.4) is 0 Å². The van der Waals surface area contributed by atoms with E-state index in [2.05, 4.69) is 10.3 Å².